The molecule has 1 saturated heterocycles. The average molecular weight is 204 g/mol. The fourth-order valence-corrected chi connectivity index (χ4v) is 4.58. The van der Waals surface area contributed by atoms with E-state index in [-0.39, 0.29) is 17.9 Å². The molecular weight excluding hydrogens is 188 g/mol. The Morgan fingerprint density at radius 1 is 1.15 bits per heavy atom. The molecule has 1 aliphatic heterocycles. The highest BCUT2D eigenvalue weighted by molar-refractivity contribution is 7.91. The van der Waals surface area contributed by atoms with Gasteiger partial charge in [0.05, 0.1) is 17.6 Å². The fraction of sp³-hybridized carbons (Fsp3) is 1.00. The zero-order valence-electron chi connectivity index (χ0n) is 7.65. The molecule has 0 aromatic rings. The molecule has 0 spiro atoms. The van der Waals surface area contributed by atoms with E-state index in [1.54, 1.807) is 0 Å². The highest BCUT2D eigenvalue weighted by Crippen LogP contribution is 2.37. The zero-order valence-corrected chi connectivity index (χ0v) is 8.46. The minimum atomic E-state index is -2.77. The quantitative estimate of drug-likeness (QED) is 0.680. The van der Waals surface area contributed by atoms with Gasteiger partial charge in [0.2, 0.25) is 0 Å². The summed E-state index contributed by atoms with van der Waals surface area (Å²) < 4.78 is 22.4. The van der Waals surface area contributed by atoms with Gasteiger partial charge in [-0.25, -0.2) is 8.42 Å². The summed E-state index contributed by atoms with van der Waals surface area (Å²) in [5.41, 5.74) is 0. The molecule has 3 unspecified atom stereocenters. The van der Waals surface area contributed by atoms with E-state index in [4.69, 9.17) is 0 Å². The zero-order chi connectivity index (χ0) is 9.47. The number of sulfone groups is 1. The summed E-state index contributed by atoms with van der Waals surface area (Å²) in [5.74, 6) is 1.15. The van der Waals surface area contributed by atoms with Gasteiger partial charge >= 0.3 is 0 Å². The molecular formula is C9H16O3S. The van der Waals surface area contributed by atoms with Crippen LogP contribution in [0.4, 0.5) is 0 Å². The summed E-state index contributed by atoms with van der Waals surface area (Å²) in [6.07, 6.45) is 3.47. The molecule has 4 heteroatoms. The topological polar surface area (TPSA) is 54.4 Å². The minimum Gasteiger partial charge on any atom is -0.393 e. The van der Waals surface area contributed by atoms with Crippen LogP contribution in [0.25, 0.3) is 0 Å². The molecule has 2 aliphatic rings. The average Bonchev–Trinajstić information content (AvgIpc) is 2.56. The third kappa shape index (κ3) is 1.89. The highest BCUT2D eigenvalue weighted by atomic mass is 32.2. The first-order chi connectivity index (χ1) is 6.08. The lowest BCUT2D eigenvalue weighted by atomic mass is 9.89. The van der Waals surface area contributed by atoms with Gasteiger partial charge in [0.25, 0.3) is 0 Å². The number of hydrogen-bond donors (Lipinski definition) is 1. The molecule has 0 radical (unpaired) electrons. The van der Waals surface area contributed by atoms with Crippen LogP contribution in [0, 0.1) is 11.8 Å². The summed E-state index contributed by atoms with van der Waals surface area (Å²) in [6.45, 7) is 0. The van der Waals surface area contributed by atoms with Crippen molar-refractivity contribution >= 4 is 9.84 Å². The molecule has 1 saturated carbocycles. The van der Waals surface area contributed by atoms with Crippen molar-refractivity contribution in [2.24, 2.45) is 11.8 Å². The van der Waals surface area contributed by atoms with Crippen molar-refractivity contribution in [3.63, 3.8) is 0 Å². The van der Waals surface area contributed by atoms with Crippen LogP contribution in [0.5, 0.6) is 0 Å². The van der Waals surface area contributed by atoms with Gasteiger partial charge in [-0.05, 0) is 31.1 Å². The monoisotopic (exact) mass is 204 g/mol. The Bertz CT molecular complexity index is 283. The Labute approximate surface area is 79.1 Å². The maximum Gasteiger partial charge on any atom is 0.150 e. The van der Waals surface area contributed by atoms with Crippen LogP contribution in [0.1, 0.15) is 25.7 Å². The molecule has 13 heavy (non-hydrogen) atoms. The summed E-state index contributed by atoms with van der Waals surface area (Å²) in [4.78, 5) is 0. The molecule has 0 amide bonds. The van der Waals surface area contributed by atoms with Crippen LogP contribution in [0.2, 0.25) is 0 Å². The molecule has 1 heterocycles. The van der Waals surface area contributed by atoms with Crippen molar-refractivity contribution in [1.29, 1.82) is 0 Å². The largest absolute Gasteiger partial charge is 0.393 e. The smallest absolute Gasteiger partial charge is 0.150 e. The van der Waals surface area contributed by atoms with E-state index in [2.05, 4.69) is 0 Å². The van der Waals surface area contributed by atoms with E-state index in [1.807, 2.05) is 0 Å². The predicted octanol–water partition coefficient (Wildman–Crippen LogP) is 0.582. The summed E-state index contributed by atoms with van der Waals surface area (Å²) in [6, 6.07) is 0. The molecule has 1 N–H and O–H groups in total. The van der Waals surface area contributed by atoms with E-state index in [0.717, 1.165) is 25.7 Å². The van der Waals surface area contributed by atoms with Crippen LogP contribution in [0.15, 0.2) is 0 Å². The molecule has 2 fully saturated rings. The summed E-state index contributed by atoms with van der Waals surface area (Å²) in [5, 5.41) is 9.62. The lowest BCUT2D eigenvalue weighted by Gasteiger charge is -2.20. The van der Waals surface area contributed by atoms with Crippen molar-refractivity contribution in [3.8, 4) is 0 Å². The van der Waals surface area contributed by atoms with Crippen LogP contribution in [-0.4, -0.2) is 31.1 Å². The van der Waals surface area contributed by atoms with Gasteiger partial charge in [0.15, 0.2) is 9.84 Å². The van der Waals surface area contributed by atoms with Gasteiger partial charge in [-0.2, -0.15) is 0 Å². The van der Waals surface area contributed by atoms with Crippen molar-refractivity contribution in [1.82, 2.24) is 0 Å². The predicted molar refractivity (Wildman–Crippen MR) is 50.1 cm³/mol. The van der Waals surface area contributed by atoms with Crippen LogP contribution >= 0.6 is 0 Å². The Hall–Kier alpha value is -0.0900. The standard InChI is InChI=1S/C9H16O3S/c10-9-3-1-2-8(9)7-4-5-13(11,12)6-7/h7-10H,1-6H2. The molecule has 3 atom stereocenters. The Balaban J connectivity index is 2.03. The van der Waals surface area contributed by atoms with Gasteiger partial charge in [0.1, 0.15) is 0 Å². The maximum absolute atomic E-state index is 11.2. The third-order valence-electron chi connectivity index (χ3n) is 3.40. The molecule has 0 bridgehead atoms. The normalized spacial score (nSPS) is 43.9. The molecule has 2 rings (SSSR count). The van der Waals surface area contributed by atoms with Crippen molar-refractivity contribution in [3.05, 3.63) is 0 Å². The number of aliphatic hydroxyl groups is 1. The second kappa shape index (κ2) is 3.24. The van der Waals surface area contributed by atoms with Gasteiger partial charge in [-0.1, -0.05) is 6.42 Å². The Kier molecular flexibility index (Phi) is 2.36. The van der Waals surface area contributed by atoms with Gasteiger partial charge < -0.3 is 5.11 Å². The first kappa shape index (κ1) is 9.46. The lowest BCUT2D eigenvalue weighted by molar-refractivity contribution is 0.105. The van der Waals surface area contributed by atoms with Crippen molar-refractivity contribution < 1.29 is 13.5 Å². The number of hydrogen-bond acceptors (Lipinski definition) is 3. The van der Waals surface area contributed by atoms with Crippen molar-refractivity contribution in [2.45, 2.75) is 31.8 Å². The molecule has 0 aromatic carbocycles. The van der Waals surface area contributed by atoms with Gasteiger partial charge in [0, 0.05) is 0 Å². The van der Waals surface area contributed by atoms with E-state index in [1.165, 1.54) is 0 Å². The van der Waals surface area contributed by atoms with E-state index in [0.29, 0.717) is 11.5 Å². The van der Waals surface area contributed by atoms with Gasteiger partial charge in [-0.3, -0.25) is 0 Å². The first-order valence-electron chi connectivity index (χ1n) is 4.97. The molecule has 0 aromatic heterocycles. The number of aliphatic hydroxyl groups excluding tert-OH is 1. The SMILES string of the molecule is O=S1(=O)CCC(C2CCCC2O)C1. The third-order valence-corrected chi connectivity index (χ3v) is 5.20. The molecule has 1 aliphatic carbocycles. The Morgan fingerprint density at radius 2 is 1.92 bits per heavy atom. The fourth-order valence-electron chi connectivity index (χ4n) is 2.68. The van der Waals surface area contributed by atoms with E-state index in [9.17, 15) is 13.5 Å². The summed E-state index contributed by atoms with van der Waals surface area (Å²) >= 11 is 0. The number of rotatable bonds is 1. The van der Waals surface area contributed by atoms with Crippen molar-refractivity contribution in [2.75, 3.05) is 11.5 Å². The lowest BCUT2D eigenvalue weighted by Crippen LogP contribution is -2.23. The highest BCUT2D eigenvalue weighted by Gasteiger charge is 2.38. The van der Waals surface area contributed by atoms with E-state index >= 15 is 0 Å². The Morgan fingerprint density at radius 3 is 2.38 bits per heavy atom. The summed E-state index contributed by atoms with van der Waals surface area (Å²) in [7, 11) is -2.77. The van der Waals surface area contributed by atoms with Crippen LogP contribution in [-0.2, 0) is 9.84 Å². The van der Waals surface area contributed by atoms with Crippen LogP contribution < -0.4 is 0 Å². The molecule has 3 nitrogen and oxygen atoms in total. The van der Waals surface area contributed by atoms with Gasteiger partial charge in [-0.15, -0.1) is 0 Å². The van der Waals surface area contributed by atoms with Crippen LogP contribution in [0.3, 0.4) is 0 Å². The maximum atomic E-state index is 11.2. The van der Waals surface area contributed by atoms with E-state index < -0.39 is 9.84 Å². The second-order valence-corrected chi connectivity index (χ2v) is 6.55. The minimum absolute atomic E-state index is 0.238. The second-order valence-electron chi connectivity index (χ2n) is 4.33. The first-order valence-corrected chi connectivity index (χ1v) is 6.79. The molecule has 76 valence electrons.